The number of aromatic nitrogens is 3. The van der Waals surface area contributed by atoms with Gasteiger partial charge in [0.25, 0.3) is 0 Å². The minimum Gasteiger partial charge on any atom is -0.219 e. The zero-order chi connectivity index (χ0) is 13.4. The molecule has 0 aliphatic rings. The molecule has 0 spiro atoms. The normalized spacial score (nSPS) is 10.6. The summed E-state index contributed by atoms with van der Waals surface area (Å²) in [6.07, 6.45) is 1.58. The monoisotopic (exact) mass is 316 g/mol. The van der Waals surface area contributed by atoms with Gasteiger partial charge in [-0.2, -0.15) is 5.26 Å². The number of rotatable bonds is 1. The van der Waals surface area contributed by atoms with Gasteiger partial charge in [-0.3, -0.25) is 0 Å². The smallest absolute Gasteiger partial charge is 0.182 e. The van der Waals surface area contributed by atoms with E-state index in [0.717, 1.165) is 0 Å². The first-order valence-electron chi connectivity index (χ1n) is 5.39. The van der Waals surface area contributed by atoms with Crippen molar-refractivity contribution in [3.63, 3.8) is 0 Å². The Bertz CT molecular complexity index is 799. The van der Waals surface area contributed by atoms with E-state index >= 15 is 0 Å². The maximum absolute atomic E-state index is 13.4. The van der Waals surface area contributed by atoms with Crippen LogP contribution in [0, 0.1) is 17.1 Å². The Labute approximate surface area is 116 Å². The van der Waals surface area contributed by atoms with Gasteiger partial charge in [-0.1, -0.05) is 15.9 Å². The Kier molecular flexibility index (Phi) is 2.76. The van der Waals surface area contributed by atoms with Crippen molar-refractivity contribution in [2.45, 2.75) is 0 Å². The molecule has 92 valence electrons. The third kappa shape index (κ3) is 2.20. The Hall–Kier alpha value is -2.26. The maximum atomic E-state index is 13.4. The number of nitrogens with zero attached hydrogens (tertiary/aromatic N) is 4. The van der Waals surface area contributed by atoms with Crippen molar-refractivity contribution in [2.75, 3.05) is 0 Å². The van der Waals surface area contributed by atoms with E-state index in [9.17, 15) is 4.39 Å². The molecule has 0 unspecified atom stereocenters. The van der Waals surface area contributed by atoms with Crippen LogP contribution in [0.5, 0.6) is 0 Å². The Morgan fingerprint density at radius 1 is 1.26 bits per heavy atom. The second kappa shape index (κ2) is 4.44. The van der Waals surface area contributed by atoms with E-state index in [1.165, 1.54) is 16.6 Å². The summed E-state index contributed by atoms with van der Waals surface area (Å²) in [6, 6.07) is 9.86. The fourth-order valence-corrected chi connectivity index (χ4v) is 2.22. The lowest BCUT2D eigenvalue weighted by molar-refractivity contribution is 0.627. The van der Waals surface area contributed by atoms with E-state index in [2.05, 4.69) is 26.0 Å². The highest BCUT2D eigenvalue weighted by atomic mass is 79.9. The van der Waals surface area contributed by atoms with Gasteiger partial charge in [-0.25, -0.2) is 13.9 Å². The Morgan fingerprint density at radius 3 is 2.84 bits per heavy atom. The van der Waals surface area contributed by atoms with Crippen LogP contribution in [-0.4, -0.2) is 14.6 Å². The molecule has 0 atom stereocenters. The molecule has 4 nitrogen and oxygen atoms in total. The van der Waals surface area contributed by atoms with Crippen LogP contribution in [0.2, 0.25) is 0 Å². The van der Waals surface area contributed by atoms with E-state index < -0.39 is 0 Å². The van der Waals surface area contributed by atoms with E-state index in [0.29, 0.717) is 27.1 Å². The third-order valence-corrected chi connectivity index (χ3v) is 3.04. The summed E-state index contributed by atoms with van der Waals surface area (Å²) in [5.74, 6) is 0.0521. The molecule has 0 saturated carbocycles. The predicted molar refractivity (Wildman–Crippen MR) is 70.8 cm³/mol. The van der Waals surface area contributed by atoms with Crippen LogP contribution >= 0.6 is 15.9 Å². The maximum Gasteiger partial charge on any atom is 0.182 e. The van der Waals surface area contributed by atoms with Crippen molar-refractivity contribution in [3.8, 4) is 17.5 Å². The molecular formula is C13H6BrFN4. The van der Waals surface area contributed by atoms with Crippen molar-refractivity contribution in [1.82, 2.24) is 14.6 Å². The average Bonchev–Trinajstić information content (AvgIpc) is 2.80. The Balaban J connectivity index is 2.18. The van der Waals surface area contributed by atoms with Gasteiger partial charge in [0.05, 0.1) is 5.56 Å². The molecule has 0 saturated heterocycles. The van der Waals surface area contributed by atoms with E-state index in [1.807, 2.05) is 6.07 Å². The van der Waals surface area contributed by atoms with Crippen LogP contribution < -0.4 is 0 Å². The van der Waals surface area contributed by atoms with Crippen molar-refractivity contribution in [3.05, 3.63) is 52.4 Å². The fourth-order valence-electron chi connectivity index (χ4n) is 1.75. The highest BCUT2D eigenvalue weighted by Gasteiger charge is 2.09. The molecule has 6 heteroatoms. The van der Waals surface area contributed by atoms with Crippen molar-refractivity contribution >= 4 is 21.6 Å². The number of nitriles is 1. The van der Waals surface area contributed by atoms with Crippen molar-refractivity contribution < 1.29 is 4.39 Å². The molecule has 0 aliphatic heterocycles. The molecule has 0 radical (unpaired) electrons. The SMILES string of the molecule is N#Cc1ccc2nc(-c3cc(F)cc(Br)c3)nn2c1. The molecule has 3 rings (SSSR count). The molecule has 0 aliphatic carbocycles. The lowest BCUT2D eigenvalue weighted by atomic mass is 10.2. The van der Waals surface area contributed by atoms with Gasteiger partial charge in [0.15, 0.2) is 11.5 Å². The number of pyridine rings is 1. The topological polar surface area (TPSA) is 54.0 Å². The first kappa shape index (κ1) is 11.8. The molecule has 0 amide bonds. The van der Waals surface area contributed by atoms with Crippen LogP contribution in [0.1, 0.15) is 5.56 Å². The minimum atomic E-state index is -0.360. The standard InChI is InChI=1S/C13H6BrFN4/c14-10-3-9(4-11(15)5-10)13-17-12-2-1-8(6-16)7-19(12)18-13/h1-5,7H. The van der Waals surface area contributed by atoms with E-state index in [-0.39, 0.29) is 5.82 Å². The summed E-state index contributed by atoms with van der Waals surface area (Å²) in [7, 11) is 0. The molecule has 0 fully saturated rings. The van der Waals surface area contributed by atoms with Gasteiger partial charge < -0.3 is 0 Å². The lowest BCUT2D eigenvalue weighted by Crippen LogP contribution is -1.88. The summed E-state index contributed by atoms with van der Waals surface area (Å²) >= 11 is 3.23. The minimum absolute atomic E-state index is 0.360. The van der Waals surface area contributed by atoms with E-state index in [4.69, 9.17) is 5.26 Å². The summed E-state index contributed by atoms with van der Waals surface area (Å²) in [6.45, 7) is 0. The van der Waals surface area contributed by atoms with Gasteiger partial charge in [0, 0.05) is 16.2 Å². The zero-order valence-corrected chi connectivity index (χ0v) is 11.1. The van der Waals surface area contributed by atoms with Crippen molar-refractivity contribution in [2.24, 2.45) is 0 Å². The first-order valence-corrected chi connectivity index (χ1v) is 6.18. The highest BCUT2D eigenvalue weighted by Crippen LogP contribution is 2.22. The molecule has 1 aromatic carbocycles. The number of halogens is 2. The molecule has 19 heavy (non-hydrogen) atoms. The number of hydrogen-bond acceptors (Lipinski definition) is 3. The van der Waals surface area contributed by atoms with Gasteiger partial charge in [0.2, 0.25) is 0 Å². The number of fused-ring (bicyclic) bond motifs is 1. The van der Waals surface area contributed by atoms with Gasteiger partial charge in [0.1, 0.15) is 11.9 Å². The average molecular weight is 317 g/mol. The highest BCUT2D eigenvalue weighted by molar-refractivity contribution is 9.10. The predicted octanol–water partition coefficient (Wildman–Crippen LogP) is 3.17. The van der Waals surface area contributed by atoms with Gasteiger partial charge >= 0.3 is 0 Å². The van der Waals surface area contributed by atoms with Crippen LogP contribution in [0.3, 0.4) is 0 Å². The second-order valence-electron chi connectivity index (χ2n) is 3.93. The number of hydrogen-bond donors (Lipinski definition) is 0. The zero-order valence-electron chi connectivity index (χ0n) is 9.51. The number of benzene rings is 1. The lowest BCUT2D eigenvalue weighted by Gasteiger charge is -1.96. The van der Waals surface area contributed by atoms with E-state index in [1.54, 1.807) is 24.4 Å². The second-order valence-corrected chi connectivity index (χ2v) is 4.84. The third-order valence-electron chi connectivity index (χ3n) is 2.58. The van der Waals surface area contributed by atoms with Crippen LogP contribution in [0.15, 0.2) is 41.0 Å². The molecule has 0 bridgehead atoms. The summed E-state index contributed by atoms with van der Waals surface area (Å²) < 4.78 is 15.5. The molecule has 3 aromatic rings. The fraction of sp³-hybridized carbons (Fsp3) is 0. The van der Waals surface area contributed by atoms with Gasteiger partial charge in [-0.15, -0.1) is 5.10 Å². The molecule has 2 heterocycles. The van der Waals surface area contributed by atoms with Crippen molar-refractivity contribution in [1.29, 1.82) is 5.26 Å². The quantitative estimate of drug-likeness (QED) is 0.693. The van der Waals surface area contributed by atoms with Crippen LogP contribution in [-0.2, 0) is 0 Å². The molecule has 0 N–H and O–H groups in total. The van der Waals surface area contributed by atoms with Crippen LogP contribution in [0.25, 0.3) is 17.0 Å². The summed E-state index contributed by atoms with van der Waals surface area (Å²) in [5, 5.41) is 13.1. The van der Waals surface area contributed by atoms with Crippen LogP contribution in [0.4, 0.5) is 4.39 Å². The van der Waals surface area contributed by atoms with Gasteiger partial charge in [-0.05, 0) is 30.3 Å². The first-order chi connectivity index (χ1) is 9.15. The molecule has 2 aromatic heterocycles. The molecular weight excluding hydrogens is 311 g/mol. The summed E-state index contributed by atoms with van der Waals surface area (Å²) in [5.41, 5.74) is 1.67. The Morgan fingerprint density at radius 2 is 2.11 bits per heavy atom. The summed E-state index contributed by atoms with van der Waals surface area (Å²) in [4.78, 5) is 4.30. The largest absolute Gasteiger partial charge is 0.219 e.